The normalized spacial score (nSPS) is 24.5. The first-order valence-electron chi connectivity index (χ1n) is 8.10. The van der Waals surface area contributed by atoms with Crippen LogP contribution in [0, 0.1) is 19.3 Å². The minimum Gasteiger partial charge on any atom is -0.460 e. The third-order valence-electron chi connectivity index (χ3n) is 4.47. The van der Waals surface area contributed by atoms with Crippen molar-refractivity contribution in [3.05, 3.63) is 65.7 Å². The number of rotatable bonds is 5. The fourth-order valence-electron chi connectivity index (χ4n) is 2.85. The fraction of sp³-hybridized carbons (Fsp3) is 0.250. The van der Waals surface area contributed by atoms with Gasteiger partial charge in [-0.15, -0.1) is 6.42 Å². The first-order valence-corrected chi connectivity index (χ1v) is 9.54. The summed E-state index contributed by atoms with van der Waals surface area (Å²) in [4.78, 5) is 12.6. The fourth-order valence-corrected chi connectivity index (χ4v) is 4.73. The van der Waals surface area contributed by atoms with Crippen molar-refractivity contribution in [2.45, 2.75) is 36.9 Å². The van der Waals surface area contributed by atoms with Gasteiger partial charge in [0, 0.05) is 0 Å². The van der Waals surface area contributed by atoms with Crippen molar-refractivity contribution in [1.82, 2.24) is 4.31 Å². The molecule has 134 valence electrons. The number of carbonyl (C=O) groups excluding carboxylic acids is 1. The number of terminal acetylenes is 1. The molecule has 1 saturated heterocycles. The zero-order chi connectivity index (χ0) is 18.9. The highest BCUT2D eigenvalue weighted by molar-refractivity contribution is 7.89. The van der Waals surface area contributed by atoms with Crippen LogP contribution in [0.2, 0.25) is 0 Å². The van der Waals surface area contributed by atoms with Crippen molar-refractivity contribution in [1.29, 1.82) is 0 Å². The molecule has 1 aliphatic heterocycles. The number of carbonyl (C=O) groups is 1. The second kappa shape index (κ2) is 6.60. The van der Waals surface area contributed by atoms with Gasteiger partial charge < -0.3 is 4.74 Å². The molecule has 3 rings (SSSR count). The lowest BCUT2D eigenvalue weighted by Gasteiger charge is -2.08. The molecule has 0 radical (unpaired) electrons. The van der Waals surface area contributed by atoms with Crippen LogP contribution in [0.1, 0.15) is 18.1 Å². The van der Waals surface area contributed by atoms with Crippen molar-refractivity contribution in [3.63, 3.8) is 0 Å². The largest absolute Gasteiger partial charge is 0.460 e. The molecule has 5 nitrogen and oxygen atoms in total. The smallest absolute Gasteiger partial charge is 0.327 e. The van der Waals surface area contributed by atoms with Gasteiger partial charge >= 0.3 is 5.97 Å². The molecule has 3 atom stereocenters. The maximum Gasteiger partial charge on any atom is 0.327 e. The Morgan fingerprint density at radius 1 is 1.19 bits per heavy atom. The Labute approximate surface area is 153 Å². The standard InChI is InChI=1S/C20H19NO4S/c1-4-20(3)18(19(22)25-14-16-8-6-5-7-9-16)21(20)26(23,24)17-12-10-15(2)11-13-17/h1,5-13,18H,14H2,2-3H3/t18-,20+,21?/m1/s1. The van der Waals surface area contributed by atoms with Crippen molar-refractivity contribution >= 4 is 16.0 Å². The van der Waals surface area contributed by atoms with Gasteiger partial charge in [-0.2, -0.15) is 4.31 Å². The van der Waals surface area contributed by atoms with Crippen LogP contribution in [-0.4, -0.2) is 30.3 Å². The summed E-state index contributed by atoms with van der Waals surface area (Å²) in [5, 5.41) is 0. The maximum atomic E-state index is 12.9. The number of hydrogen-bond donors (Lipinski definition) is 0. The van der Waals surface area contributed by atoms with Crippen molar-refractivity contribution in [2.24, 2.45) is 0 Å². The molecule has 1 unspecified atom stereocenters. The second-order valence-corrected chi connectivity index (χ2v) is 8.22. The van der Waals surface area contributed by atoms with Crippen LogP contribution in [0.3, 0.4) is 0 Å². The van der Waals surface area contributed by atoms with E-state index in [1.54, 1.807) is 19.1 Å². The van der Waals surface area contributed by atoms with Crippen LogP contribution in [0.4, 0.5) is 0 Å². The van der Waals surface area contributed by atoms with Gasteiger partial charge in [0.25, 0.3) is 0 Å². The van der Waals surface area contributed by atoms with E-state index in [0.717, 1.165) is 15.4 Å². The van der Waals surface area contributed by atoms with E-state index in [0.29, 0.717) is 0 Å². The van der Waals surface area contributed by atoms with Crippen LogP contribution in [0.25, 0.3) is 0 Å². The van der Waals surface area contributed by atoms with Crippen LogP contribution in [0.5, 0.6) is 0 Å². The van der Waals surface area contributed by atoms with E-state index >= 15 is 0 Å². The lowest BCUT2D eigenvalue weighted by molar-refractivity contribution is -0.145. The maximum absolute atomic E-state index is 12.9. The van der Waals surface area contributed by atoms with E-state index in [1.807, 2.05) is 37.3 Å². The molecular formula is C20H19NO4S. The topological polar surface area (TPSA) is 63.5 Å². The van der Waals surface area contributed by atoms with Gasteiger partial charge in [0.2, 0.25) is 10.0 Å². The van der Waals surface area contributed by atoms with Crippen molar-refractivity contribution in [3.8, 4) is 12.3 Å². The average molecular weight is 369 g/mol. The van der Waals surface area contributed by atoms with Gasteiger partial charge in [0.05, 0.1) is 4.90 Å². The SMILES string of the molecule is C#C[C@@]1(C)[C@@H](C(=O)OCc2ccccc2)N1S(=O)(=O)c1ccc(C)cc1. The summed E-state index contributed by atoms with van der Waals surface area (Å²) in [6, 6.07) is 14.6. The number of ether oxygens (including phenoxy) is 1. The number of sulfonamides is 1. The highest BCUT2D eigenvalue weighted by atomic mass is 32.2. The highest BCUT2D eigenvalue weighted by Crippen LogP contribution is 2.46. The lowest BCUT2D eigenvalue weighted by atomic mass is 10.1. The second-order valence-electron chi connectivity index (χ2n) is 6.40. The van der Waals surface area contributed by atoms with E-state index in [-0.39, 0.29) is 11.5 Å². The molecular weight excluding hydrogens is 350 g/mol. The third-order valence-corrected chi connectivity index (χ3v) is 6.45. The molecule has 0 bridgehead atoms. The van der Waals surface area contributed by atoms with Crippen molar-refractivity contribution < 1.29 is 17.9 Å². The van der Waals surface area contributed by atoms with E-state index in [9.17, 15) is 13.2 Å². The number of hydrogen-bond acceptors (Lipinski definition) is 4. The summed E-state index contributed by atoms with van der Waals surface area (Å²) in [5.41, 5.74) is 0.530. The summed E-state index contributed by atoms with van der Waals surface area (Å²) in [6.07, 6.45) is 5.53. The molecule has 1 aliphatic rings. The molecule has 0 saturated carbocycles. The summed E-state index contributed by atoms with van der Waals surface area (Å²) in [5.74, 6) is 1.78. The van der Waals surface area contributed by atoms with Gasteiger partial charge in [-0.05, 0) is 31.5 Å². The summed E-state index contributed by atoms with van der Waals surface area (Å²) in [6.45, 7) is 3.48. The molecule has 2 aromatic carbocycles. The van der Waals surface area contributed by atoms with E-state index < -0.39 is 27.6 Å². The molecule has 26 heavy (non-hydrogen) atoms. The predicted molar refractivity (Wildman–Crippen MR) is 97.5 cm³/mol. The zero-order valence-corrected chi connectivity index (χ0v) is 15.4. The van der Waals surface area contributed by atoms with Gasteiger partial charge in [-0.3, -0.25) is 4.79 Å². The van der Waals surface area contributed by atoms with Crippen LogP contribution in [0.15, 0.2) is 59.5 Å². The summed E-state index contributed by atoms with van der Waals surface area (Å²) < 4.78 is 32.1. The minimum atomic E-state index is -3.89. The molecule has 1 fully saturated rings. The molecule has 6 heteroatoms. The van der Waals surface area contributed by atoms with E-state index in [4.69, 9.17) is 11.2 Å². The van der Waals surface area contributed by atoms with Gasteiger partial charge in [0.15, 0.2) is 6.04 Å². The van der Waals surface area contributed by atoms with Crippen molar-refractivity contribution in [2.75, 3.05) is 0 Å². The molecule has 0 aromatic heterocycles. The lowest BCUT2D eigenvalue weighted by Crippen LogP contribution is -2.21. The van der Waals surface area contributed by atoms with Gasteiger partial charge in [0.1, 0.15) is 12.1 Å². The number of esters is 1. The Balaban J connectivity index is 1.80. The summed E-state index contributed by atoms with van der Waals surface area (Å²) >= 11 is 0. The molecule has 0 aliphatic carbocycles. The van der Waals surface area contributed by atoms with E-state index in [2.05, 4.69) is 5.92 Å². The van der Waals surface area contributed by atoms with E-state index in [1.165, 1.54) is 12.1 Å². The molecule has 0 amide bonds. The van der Waals surface area contributed by atoms with Crippen LogP contribution >= 0.6 is 0 Å². The Morgan fingerprint density at radius 3 is 2.38 bits per heavy atom. The molecule has 1 heterocycles. The number of aryl methyl sites for hydroxylation is 1. The number of nitrogens with zero attached hydrogens (tertiary/aromatic N) is 1. The first kappa shape index (κ1) is 18.2. The molecule has 2 aromatic rings. The van der Waals surface area contributed by atoms with Crippen LogP contribution < -0.4 is 0 Å². The zero-order valence-electron chi connectivity index (χ0n) is 14.5. The Kier molecular flexibility index (Phi) is 4.61. The predicted octanol–water partition coefficient (Wildman–Crippen LogP) is 2.50. The Hall–Kier alpha value is -2.62. The average Bonchev–Trinajstić information content (AvgIpc) is 3.28. The summed E-state index contributed by atoms with van der Waals surface area (Å²) in [7, 11) is -3.89. The number of benzene rings is 2. The quantitative estimate of drug-likeness (QED) is 0.462. The Bertz CT molecular complexity index is 961. The van der Waals surface area contributed by atoms with Gasteiger partial charge in [-0.1, -0.05) is 53.9 Å². The molecule has 0 N–H and O–H groups in total. The highest BCUT2D eigenvalue weighted by Gasteiger charge is 2.69. The minimum absolute atomic E-state index is 0.0647. The monoisotopic (exact) mass is 369 g/mol. The van der Waals surface area contributed by atoms with Crippen LogP contribution in [-0.2, 0) is 26.2 Å². The van der Waals surface area contributed by atoms with Gasteiger partial charge in [-0.25, -0.2) is 8.42 Å². The third kappa shape index (κ3) is 3.12. The Morgan fingerprint density at radius 2 is 1.81 bits per heavy atom. The molecule has 0 spiro atoms. The first-order chi connectivity index (χ1) is 12.3.